The number of nitrogens with zero attached hydrogens (tertiary/aromatic N) is 1. The molecule has 0 radical (unpaired) electrons. The van der Waals surface area contributed by atoms with Crippen LogP contribution in [0.25, 0.3) is 0 Å². The summed E-state index contributed by atoms with van der Waals surface area (Å²) in [5.74, 6) is -1.33. The van der Waals surface area contributed by atoms with Gasteiger partial charge in [-0.1, -0.05) is 0 Å². The Balaban J connectivity index is 3.17. The van der Waals surface area contributed by atoms with Crippen molar-refractivity contribution in [2.75, 3.05) is 6.61 Å². The van der Waals surface area contributed by atoms with Gasteiger partial charge in [-0.3, -0.25) is 9.59 Å². The Morgan fingerprint density at radius 1 is 1.59 bits per heavy atom. The normalized spacial score (nSPS) is 9.47. The van der Waals surface area contributed by atoms with Crippen LogP contribution in [0.4, 0.5) is 4.39 Å². The molecule has 5 heteroatoms. The number of aldehydes is 1. The summed E-state index contributed by atoms with van der Waals surface area (Å²) in [6, 6.07) is 3.98. The van der Waals surface area contributed by atoms with Crippen molar-refractivity contribution in [2.24, 2.45) is 0 Å². The standard InChI is InChI=1S/C12H10FNO3/c1-2-17-12(16)5-9-10(6-14)8(7-15)3-4-11(9)13/h3-4,7H,2,5H2,1H3. The van der Waals surface area contributed by atoms with Crippen LogP contribution in [-0.2, 0) is 16.0 Å². The molecule has 0 amide bonds. The third-order valence-corrected chi connectivity index (χ3v) is 2.15. The molecule has 1 aromatic carbocycles. The molecular weight excluding hydrogens is 225 g/mol. The molecule has 0 aliphatic heterocycles. The Bertz CT molecular complexity index is 491. The van der Waals surface area contributed by atoms with Gasteiger partial charge in [0.25, 0.3) is 0 Å². The van der Waals surface area contributed by atoms with Gasteiger partial charge in [-0.05, 0) is 19.1 Å². The summed E-state index contributed by atoms with van der Waals surface area (Å²) in [6.45, 7) is 1.80. The number of carbonyl (C=O) groups excluding carboxylic acids is 2. The van der Waals surface area contributed by atoms with E-state index in [1.807, 2.05) is 0 Å². The molecule has 0 fully saturated rings. The van der Waals surface area contributed by atoms with Crippen LogP contribution < -0.4 is 0 Å². The summed E-state index contributed by atoms with van der Waals surface area (Å²) in [5.41, 5.74) is -0.156. The highest BCUT2D eigenvalue weighted by Crippen LogP contribution is 2.17. The average molecular weight is 235 g/mol. The summed E-state index contributed by atoms with van der Waals surface area (Å²) < 4.78 is 18.1. The van der Waals surface area contributed by atoms with Gasteiger partial charge >= 0.3 is 5.97 Å². The first kappa shape index (κ1) is 12.8. The zero-order valence-electron chi connectivity index (χ0n) is 9.20. The minimum absolute atomic E-state index is 0.0631. The number of rotatable bonds is 4. The molecule has 1 aromatic rings. The first-order valence-corrected chi connectivity index (χ1v) is 4.96. The molecular formula is C12H10FNO3. The van der Waals surface area contributed by atoms with Gasteiger partial charge in [-0.25, -0.2) is 4.39 Å². The van der Waals surface area contributed by atoms with E-state index in [2.05, 4.69) is 4.74 Å². The molecule has 0 aliphatic rings. The SMILES string of the molecule is CCOC(=O)Cc1c(F)ccc(C=O)c1C#N. The fraction of sp³-hybridized carbons (Fsp3) is 0.250. The Morgan fingerprint density at radius 3 is 2.82 bits per heavy atom. The van der Waals surface area contributed by atoms with E-state index >= 15 is 0 Å². The molecule has 0 bridgehead atoms. The van der Waals surface area contributed by atoms with Gasteiger partial charge in [0.1, 0.15) is 11.9 Å². The van der Waals surface area contributed by atoms with Crippen molar-refractivity contribution >= 4 is 12.3 Å². The largest absolute Gasteiger partial charge is 0.466 e. The van der Waals surface area contributed by atoms with Gasteiger partial charge in [0.2, 0.25) is 0 Å². The molecule has 0 N–H and O–H groups in total. The van der Waals surface area contributed by atoms with E-state index in [-0.39, 0.29) is 29.7 Å². The molecule has 0 heterocycles. The van der Waals surface area contributed by atoms with Crippen LogP contribution in [0.2, 0.25) is 0 Å². The predicted octanol–water partition coefficient (Wildman–Crippen LogP) is 1.62. The Labute approximate surface area is 97.6 Å². The molecule has 0 unspecified atom stereocenters. The summed E-state index contributed by atoms with van der Waals surface area (Å²) in [6.07, 6.45) is 0.0941. The minimum Gasteiger partial charge on any atom is -0.466 e. The van der Waals surface area contributed by atoms with E-state index in [0.29, 0.717) is 6.29 Å². The number of esters is 1. The fourth-order valence-electron chi connectivity index (χ4n) is 1.40. The monoisotopic (exact) mass is 235 g/mol. The number of ether oxygens (including phenoxy) is 1. The molecule has 4 nitrogen and oxygen atoms in total. The fourth-order valence-corrected chi connectivity index (χ4v) is 1.40. The summed E-state index contributed by atoms with van der Waals surface area (Å²) in [5, 5.41) is 8.87. The zero-order chi connectivity index (χ0) is 12.8. The van der Waals surface area contributed by atoms with Crippen molar-refractivity contribution in [2.45, 2.75) is 13.3 Å². The van der Waals surface area contributed by atoms with Crippen molar-refractivity contribution in [1.29, 1.82) is 5.26 Å². The smallest absolute Gasteiger partial charge is 0.310 e. The Morgan fingerprint density at radius 2 is 2.29 bits per heavy atom. The average Bonchev–Trinajstić information content (AvgIpc) is 2.31. The van der Waals surface area contributed by atoms with Gasteiger partial charge < -0.3 is 4.74 Å². The van der Waals surface area contributed by atoms with Crippen LogP contribution in [0, 0.1) is 17.1 Å². The first-order valence-electron chi connectivity index (χ1n) is 4.96. The van der Waals surface area contributed by atoms with Crippen molar-refractivity contribution in [3.8, 4) is 6.07 Å². The molecule has 1 rings (SSSR count). The van der Waals surface area contributed by atoms with Crippen molar-refractivity contribution < 1.29 is 18.7 Å². The number of nitriles is 1. The number of halogens is 1. The maximum Gasteiger partial charge on any atom is 0.310 e. The van der Waals surface area contributed by atoms with Crippen molar-refractivity contribution in [3.63, 3.8) is 0 Å². The maximum absolute atomic E-state index is 13.5. The first-order chi connectivity index (χ1) is 8.13. The second-order valence-electron chi connectivity index (χ2n) is 3.20. The molecule has 88 valence electrons. The quantitative estimate of drug-likeness (QED) is 0.587. The van der Waals surface area contributed by atoms with Gasteiger partial charge in [-0.15, -0.1) is 0 Å². The highest BCUT2D eigenvalue weighted by atomic mass is 19.1. The number of benzene rings is 1. The van der Waals surface area contributed by atoms with E-state index in [1.54, 1.807) is 13.0 Å². The number of hydrogen-bond acceptors (Lipinski definition) is 4. The van der Waals surface area contributed by atoms with Gasteiger partial charge in [0, 0.05) is 11.1 Å². The zero-order valence-corrected chi connectivity index (χ0v) is 9.20. The van der Waals surface area contributed by atoms with E-state index in [1.165, 1.54) is 6.07 Å². The highest BCUT2D eigenvalue weighted by Gasteiger charge is 2.16. The summed E-state index contributed by atoms with van der Waals surface area (Å²) >= 11 is 0. The third-order valence-electron chi connectivity index (χ3n) is 2.15. The van der Waals surface area contributed by atoms with E-state index in [9.17, 15) is 14.0 Å². The highest BCUT2D eigenvalue weighted by molar-refractivity contribution is 5.82. The van der Waals surface area contributed by atoms with Crippen molar-refractivity contribution in [3.05, 3.63) is 34.6 Å². The van der Waals surface area contributed by atoms with E-state index < -0.39 is 11.8 Å². The Hall–Kier alpha value is -2.22. The molecule has 0 saturated heterocycles. The van der Waals surface area contributed by atoms with E-state index in [4.69, 9.17) is 5.26 Å². The topological polar surface area (TPSA) is 67.2 Å². The van der Waals surface area contributed by atoms with Crippen LogP contribution in [0.5, 0.6) is 0 Å². The summed E-state index contributed by atoms with van der Waals surface area (Å²) in [4.78, 5) is 21.9. The molecule has 0 aliphatic carbocycles. The van der Waals surface area contributed by atoms with Crippen molar-refractivity contribution in [1.82, 2.24) is 0 Å². The molecule has 0 saturated carbocycles. The second kappa shape index (κ2) is 5.75. The number of carbonyl (C=O) groups is 2. The Kier molecular flexibility index (Phi) is 4.35. The molecule has 0 spiro atoms. The third kappa shape index (κ3) is 2.88. The van der Waals surface area contributed by atoms with Crippen LogP contribution in [0.3, 0.4) is 0 Å². The predicted molar refractivity (Wildman–Crippen MR) is 56.8 cm³/mol. The minimum atomic E-state index is -0.694. The lowest BCUT2D eigenvalue weighted by atomic mass is 10.00. The molecule has 0 aromatic heterocycles. The van der Waals surface area contributed by atoms with Crippen LogP contribution in [0.15, 0.2) is 12.1 Å². The van der Waals surface area contributed by atoms with Gasteiger partial charge in [0.15, 0.2) is 6.29 Å². The number of hydrogen-bond donors (Lipinski definition) is 0. The molecule has 0 atom stereocenters. The lowest BCUT2D eigenvalue weighted by Crippen LogP contribution is -2.11. The van der Waals surface area contributed by atoms with Crippen LogP contribution in [-0.4, -0.2) is 18.9 Å². The van der Waals surface area contributed by atoms with Gasteiger partial charge in [0.05, 0.1) is 18.6 Å². The molecule has 17 heavy (non-hydrogen) atoms. The lowest BCUT2D eigenvalue weighted by Gasteiger charge is -2.07. The summed E-state index contributed by atoms with van der Waals surface area (Å²) in [7, 11) is 0. The lowest BCUT2D eigenvalue weighted by molar-refractivity contribution is -0.142. The maximum atomic E-state index is 13.5. The van der Waals surface area contributed by atoms with Crippen LogP contribution >= 0.6 is 0 Å². The van der Waals surface area contributed by atoms with Gasteiger partial charge in [-0.2, -0.15) is 5.26 Å². The van der Waals surface area contributed by atoms with Crippen LogP contribution in [0.1, 0.15) is 28.4 Å². The second-order valence-corrected chi connectivity index (χ2v) is 3.20. The van der Waals surface area contributed by atoms with E-state index in [0.717, 1.165) is 6.07 Å².